The Morgan fingerprint density at radius 3 is 2.82 bits per heavy atom. The van der Waals surface area contributed by atoms with Crippen molar-refractivity contribution in [1.82, 2.24) is 9.97 Å². The summed E-state index contributed by atoms with van der Waals surface area (Å²) in [6.07, 6.45) is 3.83. The van der Waals surface area contributed by atoms with Gasteiger partial charge in [0.25, 0.3) is 0 Å². The summed E-state index contributed by atoms with van der Waals surface area (Å²) in [4.78, 5) is 8.47. The zero-order valence-electron chi connectivity index (χ0n) is 11.9. The number of aromatic amines is 1. The number of hydrogen-bond donors (Lipinski definition) is 4. The molecule has 2 heterocycles. The predicted molar refractivity (Wildman–Crippen MR) is 94.4 cm³/mol. The summed E-state index contributed by atoms with van der Waals surface area (Å²) < 4.78 is 1.08. The van der Waals surface area contributed by atoms with Gasteiger partial charge in [-0.3, -0.25) is 5.41 Å². The van der Waals surface area contributed by atoms with Crippen molar-refractivity contribution < 1.29 is 0 Å². The molecular formula is C15H15N5S2. The van der Waals surface area contributed by atoms with Crippen LogP contribution in [0.2, 0.25) is 0 Å². The number of aromatic nitrogens is 2. The van der Waals surface area contributed by atoms with E-state index in [1.165, 1.54) is 11.3 Å². The molecule has 0 bridgehead atoms. The highest BCUT2D eigenvalue weighted by Gasteiger charge is 2.12. The molecule has 0 radical (unpaired) electrons. The maximum absolute atomic E-state index is 7.55. The van der Waals surface area contributed by atoms with Crippen molar-refractivity contribution in [2.75, 3.05) is 11.6 Å². The van der Waals surface area contributed by atoms with Crippen molar-refractivity contribution in [3.63, 3.8) is 0 Å². The minimum Gasteiger partial charge on any atom is -0.383 e. The molecule has 0 aliphatic carbocycles. The zero-order valence-corrected chi connectivity index (χ0v) is 13.5. The highest BCUT2D eigenvalue weighted by molar-refractivity contribution is 8.00. The fourth-order valence-corrected chi connectivity index (χ4v) is 3.65. The van der Waals surface area contributed by atoms with Crippen LogP contribution in [0.15, 0.2) is 46.8 Å². The maximum Gasteiger partial charge on any atom is 0.149 e. The molecule has 0 aliphatic rings. The number of hydrogen-bond acceptors (Lipinski definition) is 5. The minimum atomic E-state index is 0.0837. The van der Waals surface area contributed by atoms with Gasteiger partial charge >= 0.3 is 0 Å². The fraction of sp³-hybridized carbons (Fsp3) is 0.0667. The molecule has 2 aromatic heterocycles. The van der Waals surface area contributed by atoms with E-state index in [4.69, 9.17) is 11.1 Å². The summed E-state index contributed by atoms with van der Waals surface area (Å²) in [6.45, 7) is 0. The smallest absolute Gasteiger partial charge is 0.149 e. The highest BCUT2D eigenvalue weighted by atomic mass is 32.2. The van der Waals surface area contributed by atoms with E-state index in [9.17, 15) is 0 Å². The lowest BCUT2D eigenvalue weighted by Crippen LogP contribution is -2.08. The van der Waals surface area contributed by atoms with Gasteiger partial charge in [-0.1, -0.05) is 30.3 Å². The average molecular weight is 329 g/mol. The molecule has 0 saturated heterocycles. The summed E-state index contributed by atoms with van der Waals surface area (Å²) >= 11 is 3.12. The number of nitrogen functional groups attached to an aromatic ring is 1. The summed E-state index contributed by atoms with van der Waals surface area (Å²) in [5.74, 6) is 1.64. The number of benzene rings is 1. The van der Waals surface area contributed by atoms with Crippen LogP contribution < -0.4 is 11.1 Å². The number of nitrogens with two attached hydrogens (primary N) is 1. The number of nitrogens with one attached hydrogen (secondary N) is 3. The van der Waals surface area contributed by atoms with Crippen LogP contribution >= 0.6 is 23.1 Å². The number of H-pyrrole nitrogens is 1. The number of amidine groups is 1. The van der Waals surface area contributed by atoms with Crippen LogP contribution in [0.25, 0.3) is 11.4 Å². The standard InChI is InChI=1S/C15H15N5S2/c1-21-15-10(7-11(22-15)13(16)17)19-12-8-18-14(20-12)9-5-3-2-4-6-9/h2-8,19H,1H3,(H3,16,17)(H,18,20). The van der Waals surface area contributed by atoms with E-state index in [1.807, 2.05) is 48.9 Å². The van der Waals surface area contributed by atoms with Crippen LogP contribution in [0.5, 0.6) is 0 Å². The molecule has 0 fully saturated rings. The lowest BCUT2D eigenvalue weighted by Gasteiger charge is -2.01. The van der Waals surface area contributed by atoms with E-state index in [0.717, 1.165) is 32.0 Å². The summed E-state index contributed by atoms with van der Waals surface area (Å²) in [5.41, 5.74) is 7.52. The van der Waals surface area contributed by atoms with Crippen LogP contribution in [-0.2, 0) is 0 Å². The predicted octanol–water partition coefficient (Wildman–Crippen LogP) is 3.89. The second-order valence-electron chi connectivity index (χ2n) is 4.55. The monoisotopic (exact) mass is 329 g/mol. The Hall–Kier alpha value is -2.25. The molecule has 3 rings (SSSR count). The Morgan fingerprint density at radius 1 is 1.36 bits per heavy atom. The Kier molecular flexibility index (Phi) is 4.17. The van der Waals surface area contributed by atoms with Crippen LogP contribution in [0.3, 0.4) is 0 Å². The van der Waals surface area contributed by atoms with Crippen molar-refractivity contribution in [3.8, 4) is 11.4 Å². The van der Waals surface area contributed by atoms with Gasteiger partial charge in [0.05, 0.1) is 14.8 Å². The van der Waals surface area contributed by atoms with E-state index in [0.29, 0.717) is 0 Å². The van der Waals surface area contributed by atoms with Gasteiger partial charge in [-0.15, -0.1) is 23.1 Å². The molecule has 0 amide bonds. The van der Waals surface area contributed by atoms with E-state index < -0.39 is 0 Å². The number of nitrogens with zero attached hydrogens (tertiary/aromatic N) is 1. The number of thioether (sulfide) groups is 1. The molecule has 5 N–H and O–H groups in total. The van der Waals surface area contributed by atoms with Crippen molar-refractivity contribution >= 4 is 40.4 Å². The lowest BCUT2D eigenvalue weighted by atomic mass is 10.2. The molecule has 1 aromatic carbocycles. The molecule has 3 aromatic rings. The average Bonchev–Trinajstić information content (AvgIpc) is 3.15. The first kappa shape index (κ1) is 14.7. The van der Waals surface area contributed by atoms with Gasteiger partial charge in [-0.25, -0.2) is 4.98 Å². The Balaban J connectivity index is 1.85. The molecule has 112 valence electrons. The highest BCUT2D eigenvalue weighted by Crippen LogP contribution is 2.36. The van der Waals surface area contributed by atoms with E-state index in [-0.39, 0.29) is 5.84 Å². The third-order valence-corrected chi connectivity index (χ3v) is 5.34. The number of imidazole rings is 1. The Labute approximate surface area is 136 Å². The van der Waals surface area contributed by atoms with Crippen LogP contribution in [0, 0.1) is 5.41 Å². The first-order chi connectivity index (χ1) is 10.7. The first-order valence-corrected chi connectivity index (χ1v) is 8.61. The van der Waals surface area contributed by atoms with Crippen molar-refractivity contribution in [3.05, 3.63) is 47.5 Å². The van der Waals surface area contributed by atoms with Gasteiger partial charge in [-0.05, 0) is 12.3 Å². The topological polar surface area (TPSA) is 90.6 Å². The maximum atomic E-state index is 7.55. The molecule has 0 unspecified atom stereocenters. The quantitative estimate of drug-likeness (QED) is 0.325. The van der Waals surface area contributed by atoms with Gasteiger partial charge in [0, 0.05) is 11.8 Å². The van der Waals surface area contributed by atoms with Crippen LogP contribution in [-0.4, -0.2) is 22.1 Å². The van der Waals surface area contributed by atoms with Gasteiger partial charge in [0.2, 0.25) is 0 Å². The fourth-order valence-electron chi connectivity index (χ4n) is 2.01. The molecule has 7 heteroatoms. The largest absolute Gasteiger partial charge is 0.383 e. The summed E-state index contributed by atoms with van der Waals surface area (Å²) in [5, 5.41) is 10.8. The molecule has 22 heavy (non-hydrogen) atoms. The van der Waals surface area contributed by atoms with E-state index in [1.54, 1.807) is 11.8 Å². The Bertz CT molecular complexity index is 791. The van der Waals surface area contributed by atoms with Crippen LogP contribution in [0.4, 0.5) is 11.5 Å². The third kappa shape index (κ3) is 3.00. The van der Waals surface area contributed by atoms with Gasteiger partial charge in [-0.2, -0.15) is 0 Å². The van der Waals surface area contributed by atoms with Gasteiger partial charge in [0.15, 0.2) is 0 Å². The first-order valence-electron chi connectivity index (χ1n) is 6.57. The molecule has 0 saturated carbocycles. The minimum absolute atomic E-state index is 0.0837. The third-order valence-electron chi connectivity index (χ3n) is 3.04. The van der Waals surface area contributed by atoms with Gasteiger partial charge in [0.1, 0.15) is 17.5 Å². The number of rotatable bonds is 5. The number of anilines is 2. The Morgan fingerprint density at radius 2 is 2.14 bits per heavy atom. The van der Waals surface area contributed by atoms with Crippen molar-refractivity contribution in [1.29, 1.82) is 5.41 Å². The van der Waals surface area contributed by atoms with Gasteiger partial charge < -0.3 is 16.0 Å². The van der Waals surface area contributed by atoms with Crippen molar-refractivity contribution in [2.45, 2.75) is 4.21 Å². The SMILES string of the molecule is CSc1sc(C(=N)N)cc1Nc1c[nH]c(-c2ccccc2)n1. The number of thiophene rings is 1. The summed E-state index contributed by atoms with van der Waals surface area (Å²) in [6, 6.07) is 11.8. The molecule has 0 aliphatic heterocycles. The van der Waals surface area contributed by atoms with Crippen LogP contribution in [0.1, 0.15) is 4.88 Å². The molecule has 0 atom stereocenters. The normalized spacial score (nSPS) is 10.6. The molecule has 5 nitrogen and oxygen atoms in total. The second-order valence-corrected chi connectivity index (χ2v) is 6.68. The lowest BCUT2D eigenvalue weighted by molar-refractivity contribution is 1.30. The molecule has 0 spiro atoms. The summed E-state index contributed by atoms with van der Waals surface area (Å²) in [7, 11) is 0. The van der Waals surface area contributed by atoms with E-state index in [2.05, 4.69) is 15.3 Å². The molecular weight excluding hydrogens is 314 g/mol. The second kappa shape index (κ2) is 6.25. The zero-order chi connectivity index (χ0) is 15.5. The van der Waals surface area contributed by atoms with E-state index >= 15 is 0 Å². The van der Waals surface area contributed by atoms with Crippen molar-refractivity contribution in [2.24, 2.45) is 5.73 Å².